The Hall–Kier alpha value is -0.930. The molecule has 1 saturated heterocycles. The van der Waals surface area contributed by atoms with E-state index in [1.807, 2.05) is 18.2 Å². The van der Waals surface area contributed by atoms with Gasteiger partial charge in [0.15, 0.2) is 0 Å². The molecule has 0 amide bonds. The van der Waals surface area contributed by atoms with Crippen LogP contribution in [-0.4, -0.2) is 26.4 Å². The van der Waals surface area contributed by atoms with Gasteiger partial charge in [0.05, 0.1) is 25.5 Å². The zero-order chi connectivity index (χ0) is 13.0. The Bertz CT molecular complexity index is 405. The van der Waals surface area contributed by atoms with Crippen molar-refractivity contribution in [3.8, 4) is 5.75 Å². The Morgan fingerprint density at radius 1 is 1.44 bits per heavy atom. The fraction of sp³-hybridized carbons (Fsp3) is 0.571. The summed E-state index contributed by atoms with van der Waals surface area (Å²) in [6.07, 6.45) is 0.994. The van der Waals surface area contributed by atoms with Crippen LogP contribution in [0.25, 0.3) is 0 Å². The molecule has 1 aliphatic heterocycles. The number of benzene rings is 1. The van der Waals surface area contributed by atoms with E-state index >= 15 is 0 Å². The molecule has 2 rings (SSSR count). The first-order valence-electron chi connectivity index (χ1n) is 6.37. The maximum atomic E-state index is 6.03. The number of hydrogen-bond acceptors (Lipinski definition) is 3. The fourth-order valence-corrected chi connectivity index (χ4v) is 2.01. The summed E-state index contributed by atoms with van der Waals surface area (Å²) in [6.45, 7) is 7.51. The van der Waals surface area contributed by atoms with Gasteiger partial charge in [0.1, 0.15) is 5.75 Å². The molecule has 0 unspecified atom stereocenters. The van der Waals surface area contributed by atoms with E-state index in [2.05, 4.69) is 19.2 Å². The Labute approximate surface area is 113 Å². The van der Waals surface area contributed by atoms with Gasteiger partial charge in [-0.2, -0.15) is 0 Å². The first-order valence-corrected chi connectivity index (χ1v) is 6.75. The normalized spacial score (nSPS) is 17.1. The van der Waals surface area contributed by atoms with Gasteiger partial charge in [-0.15, -0.1) is 0 Å². The molecule has 1 fully saturated rings. The van der Waals surface area contributed by atoms with Crippen molar-refractivity contribution in [3.05, 3.63) is 23.2 Å². The van der Waals surface area contributed by atoms with Crippen molar-refractivity contribution in [1.29, 1.82) is 0 Å². The summed E-state index contributed by atoms with van der Waals surface area (Å²) >= 11 is 6.03. The SMILES string of the molecule is CCCOc1ccc(Cl)cc1NCC1(C)COC1. The Morgan fingerprint density at radius 2 is 2.22 bits per heavy atom. The van der Waals surface area contributed by atoms with Crippen LogP contribution >= 0.6 is 11.6 Å². The van der Waals surface area contributed by atoms with E-state index in [0.29, 0.717) is 0 Å². The van der Waals surface area contributed by atoms with Crippen LogP contribution in [-0.2, 0) is 4.74 Å². The number of rotatable bonds is 6. The van der Waals surface area contributed by atoms with E-state index in [1.165, 1.54) is 0 Å². The second-order valence-electron chi connectivity index (χ2n) is 5.15. The van der Waals surface area contributed by atoms with Gasteiger partial charge in [0.25, 0.3) is 0 Å². The van der Waals surface area contributed by atoms with Crippen molar-refractivity contribution >= 4 is 17.3 Å². The minimum absolute atomic E-state index is 0.227. The molecular formula is C14H20ClNO2. The summed E-state index contributed by atoms with van der Waals surface area (Å²) in [5.74, 6) is 0.866. The quantitative estimate of drug-likeness (QED) is 0.856. The summed E-state index contributed by atoms with van der Waals surface area (Å²) in [5.41, 5.74) is 1.19. The third-order valence-electron chi connectivity index (χ3n) is 3.01. The monoisotopic (exact) mass is 269 g/mol. The van der Waals surface area contributed by atoms with Gasteiger partial charge in [0, 0.05) is 17.0 Å². The van der Waals surface area contributed by atoms with Gasteiger partial charge < -0.3 is 14.8 Å². The minimum atomic E-state index is 0.227. The van der Waals surface area contributed by atoms with Crippen molar-refractivity contribution in [3.63, 3.8) is 0 Å². The van der Waals surface area contributed by atoms with E-state index in [0.717, 1.165) is 49.2 Å². The van der Waals surface area contributed by atoms with Gasteiger partial charge in [-0.3, -0.25) is 0 Å². The van der Waals surface area contributed by atoms with Gasteiger partial charge in [-0.25, -0.2) is 0 Å². The molecule has 0 aliphatic carbocycles. The second kappa shape index (κ2) is 5.81. The van der Waals surface area contributed by atoms with Crippen molar-refractivity contribution in [2.75, 3.05) is 31.7 Å². The highest BCUT2D eigenvalue weighted by Crippen LogP contribution is 2.31. The molecule has 18 heavy (non-hydrogen) atoms. The molecule has 1 N–H and O–H groups in total. The lowest BCUT2D eigenvalue weighted by Crippen LogP contribution is -2.45. The van der Waals surface area contributed by atoms with Crippen LogP contribution in [0.1, 0.15) is 20.3 Å². The summed E-state index contributed by atoms with van der Waals surface area (Å²) < 4.78 is 11.0. The summed E-state index contributed by atoms with van der Waals surface area (Å²) in [5, 5.41) is 4.13. The molecule has 0 radical (unpaired) electrons. The van der Waals surface area contributed by atoms with Gasteiger partial charge in [-0.1, -0.05) is 25.4 Å². The van der Waals surface area contributed by atoms with Crippen molar-refractivity contribution in [1.82, 2.24) is 0 Å². The number of anilines is 1. The standard InChI is InChI=1S/C14H20ClNO2/c1-3-6-18-13-5-4-11(15)7-12(13)16-8-14(2)9-17-10-14/h4-5,7,16H,3,6,8-10H2,1-2H3. The van der Waals surface area contributed by atoms with Crippen LogP contribution in [0, 0.1) is 5.41 Å². The van der Waals surface area contributed by atoms with Crippen molar-refractivity contribution < 1.29 is 9.47 Å². The first-order chi connectivity index (χ1) is 8.63. The van der Waals surface area contributed by atoms with Gasteiger partial charge >= 0.3 is 0 Å². The van der Waals surface area contributed by atoms with Crippen molar-refractivity contribution in [2.24, 2.45) is 5.41 Å². The zero-order valence-electron chi connectivity index (χ0n) is 11.0. The van der Waals surface area contributed by atoms with E-state index in [4.69, 9.17) is 21.1 Å². The molecule has 1 aromatic rings. The van der Waals surface area contributed by atoms with Crippen LogP contribution in [0.15, 0.2) is 18.2 Å². The Balaban J connectivity index is 2.02. The molecule has 1 aromatic carbocycles. The highest BCUT2D eigenvalue weighted by atomic mass is 35.5. The average molecular weight is 270 g/mol. The minimum Gasteiger partial charge on any atom is -0.491 e. The molecule has 0 bridgehead atoms. The van der Waals surface area contributed by atoms with E-state index in [9.17, 15) is 0 Å². The van der Waals surface area contributed by atoms with Crippen LogP contribution in [0.3, 0.4) is 0 Å². The maximum absolute atomic E-state index is 6.03. The lowest BCUT2D eigenvalue weighted by molar-refractivity contribution is -0.0924. The Morgan fingerprint density at radius 3 is 2.83 bits per heavy atom. The molecule has 100 valence electrons. The number of halogens is 1. The van der Waals surface area contributed by atoms with E-state index in [1.54, 1.807) is 0 Å². The highest BCUT2D eigenvalue weighted by Gasteiger charge is 2.33. The lowest BCUT2D eigenvalue weighted by atomic mass is 9.88. The molecule has 0 saturated carbocycles. The topological polar surface area (TPSA) is 30.5 Å². The predicted molar refractivity (Wildman–Crippen MR) is 74.7 cm³/mol. The molecule has 0 spiro atoms. The predicted octanol–water partition coefficient (Wildman–Crippen LogP) is 3.58. The summed E-state index contributed by atoms with van der Waals surface area (Å²) in [4.78, 5) is 0. The third kappa shape index (κ3) is 3.30. The average Bonchev–Trinajstić information content (AvgIpc) is 2.33. The molecule has 4 heteroatoms. The molecule has 1 heterocycles. The van der Waals surface area contributed by atoms with Crippen LogP contribution in [0.2, 0.25) is 5.02 Å². The van der Waals surface area contributed by atoms with Gasteiger partial charge in [-0.05, 0) is 24.6 Å². The fourth-order valence-electron chi connectivity index (χ4n) is 1.84. The highest BCUT2D eigenvalue weighted by molar-refractivity contribution is 6.30. The Kier molecular flexibility index (Phi) is 4.36. The first kappa shape index (κ1) is 13.5. The van der Waals surface area contributed by atoms with E-state index in [-0.39, 0.29) is 5.41 Å². The van der Waals surface area contributed by atoms with Gasteiger partial charge in [0.2, 0.25) is 0 Å². The molecular weight excluding hydrogens is 250 g/mol. The van der Waals surface area contributed by atoms with Crippen molar-refractivity contribution in [2.45, 2.75) is 20.3 Å². The largest absolute Gasteiger partial charge is 0.491 e. The maximum Gasteiger partial charge on any atom is 0.142 e. The molecule has 3 nitrogen and oxygen atoms in total. The van der Waals surface area contributed by atoms with Crippen LogP contribution < -0.4 is 10.1 Å². The third-order valence-corrected chi connectivity index (χ3v) is 3.25. The summed E-state index contributed by atoms with van der Waals surface area (Å²) in [7, 11) is 0. The van der Waals surface area contributed by atoms with Crippen LogP contribution in [0.4, 0.5) is 5.69 Å². The number of ether oxygens (including phenoxy) is 2. The zero-order valence-corrected chi connectivity index (χ0v) is 11.7. The molecule has 0 aromatic heterocycles. The lowest BCUT2D eigenvalue weighted by Gasteiger charge is -2.38. The number of hydrogen-bond donors (Lipinski definition) is 1. The molecule has 0 atom stereocenters. The molecule has 1 aliphatic rings. The second-order valence-corrected chi connectivity index (χ2v) is 5.58. The van der Waals surface area contributed by atoms with Crippen LogP contribution in [0.5, 0.6) is 5.75 Å². The summed E-state index contributed by atoms with van der Waals surface area (Å²) in [6, 6.07) is 5.68. The smallest absolute Gasteiger partial charge is 0.142 e. The van der Waals surface area contributed by atoms with E-state index < -0.39 is 0 Å². The number of nitrogens with one attached hydrogen (secondary N) is 1.